The lowest BCUT2D eigenvalue weighted by Gasteiger charge is -2.16. The highest BCUT2D eigenvalue weighted by Gasteiger charge is 2.18. The Balaban J connectivity index is 0.000000202. The highest BCUT2D eigenvalue weighted by molar-refractivity contribution is 6.39. The molecule has 3 aliphatic rings. The van der Waals surface area contributed by atoms with Gasteiger partial charge >= 0.3 is 0 Å². The van der Waals surface area contributed by atoms with Crippen LogP contribution in [0.3, 0.4) is 0 Å². The van der Waals surface area contributed by atoms with Crippen LogP contribution in [0.4, 0.5) is 8.78 Å². The van der Waals surface area contributed by atoms with E-state index in [0.717, 1.165) is 17.3 Å². The molecule has 0 radical (unpaired) electrons. The van der Waals surface area contributed by atoms with Gasteiger partial charge in [-0.15, -0.1) is 0 Å². The Labute approximate surface area is 286 Å². The van der Waals surface area contributed by atoms with Gasteiger partial charge in [0, 0.05) is 26.3 Å². The number of nitrogens with one attached hydrogen (secondary N) is 6. The van der Waals surface area contributed by atoms with Crippen LogP contribution in [0.5, 0.6) is 0 Å². The Morgan fingerprint density at radius 2 is 1.12 bits per heavy atom. The Morgan fingerprint density at radius 3 is 1.56 bits per heavy atom. The summed E-state index contributed by atoms with van der Waals surface area (Å²) >= 11 is 0. The van der Waals surface area contributed by atoms with Crippen molar-refractivity contribution in [3.63, 3.8) is 0 Å². The molecule has 6 rings (SSSR count). The number of nitrogens with zero attached hydrogens (tertiary/aromatic N) is 7. The Bertz CT molecular complexity index is 1910. The van der Waals surface area contributed by atoms with Crippen LogP contribution in [0.1, 0.15) is 57.5 Å². The van der Waals surface area contributed by atoms with Gasteiger partial charge in [0.15, 0.2) is 34.9 Å². The minimum atomic E-state index is -0.430. The monoisotopic (exact) mass is 687 g/mol. The quantitative estimate of drug-likeness (QED) is 0.213. The first-order valence-electron chi connectivity index (χ1n) is 14.6. The molecule has 0 bridgehead atoms. The largest absolute Gasteiger partial charge is 0.291 e. The highest BCUT2D eigenvalue weighted by atomic mass is 19.1. The molecule has 18 heteroatoms. The third-order valence-corrected chi connectivity index (χ3v) is 6.38. The van der Waals surface area contributed by atoms with E-state index >= 15 is 0 Å². The van der Waals surface area contributed by atoms with E-state index in [4.69, 9.17) is 0 Å². The van der Waals surface area contributed by atoms with Crippen molar-refractivity contribution in [2.75, 3.05) is 0 Å². The molecule has 0 amide bonds. The molecule has 2 aromatic carbocycles. The number of hydrogen-bond acceptors (Lipinski definition) is 16. The number of ketones is 3. The van der Waals surface area contributed by atoms with Crippen molar-refractivity contribution in [2.45, 2.75) is 41.5 Å². The summed E-state index contributed by atoms with van der Waals surface area (Å²) in [5.41, 5.74) is 18.0. The SMILES string of the molecule is C.CC(=O)C1=NNC(c2ccc(F)cn2)=NN1.CC(=O)C1=NNC(c2ccccc2)=NN1.CCc1cccc(F)c1C1=NNC(C(C)=O)=NN1. The molecule has 0 saturated heterocycles. The molecule has 50 heavy (non-hydrogen) atoms. The van der Waals surface area contributed by atoms with Gasteiger partial charge in [-0.3, -0.25) is 46.9 Å². The Hall–Kier alpha value is -6.72. The number of aryl methyl sites for hydroxylation is 1. The van der Waals surface area contributed by atoms with Gasteiger partial charge in [0.1, 0.15) is 17.3 Å². The second-order valence-electron chi connectivity index (χ2n) is 9.96. The van der Waals surface area contributed by atoms with E-state index in [9.17, 15) is 23.2 Å². The van der Waals surface area contributed by atoms with Gasteiger partial charge in [-0.05, 0) is 30.2 Å². The van der Waals surface area contributed by atoms with Gasteiger partial charge in [0.2, 0.25) is 17.5 Å². The molecule has 0 unspecified atom stereocenters. The van der Waals surface area contributed by atoms with Crippen molar-refractivity contribution in [3.8, 4) is 0 Å². The van der Waals surface area contributed by atoms with Crippen LogP contribution in [0, 0.1) is 11.6 Å². The molecule has 4 heterocycles. The summed E-state index contributed by atoms with van der Waals surface area (Å²) in [6.45, 7) is 6.09. The fourth-order valence-electron chi connectivity index (χ4n) is 3.87. The van der Waals surface area contributed by atoms with Crippen LogP contribution in [0.15, 0.2) is 97.5 Å². The van der Waals surface area contributed by atoms with Crippen molar-refractivity contribution in [1.82, 2.24) is 37.5 Å². The Kier molecular flexibility index (Phi) is 13.6. The van der Waals surface area contributed by atoms with E-state index in [-0.39, 0.29) is 53.9 Å². The van der Waals surface area contributed by atoms with E-state index in [1.807, 2.05) is 43.3 Å². The lowest BCUT2D eigenvalue weighted by atomic mass is 10.0. The molecule has 3 aliphatic heterocycles. The molecule has 0 fully saturated rings. The number of hydrogen-bond donors (Lipinski definition) is 6. The zero-order valence-electron chi connectivity index (χ0n) is 26.7. The highest BCUT2D eigenvalue weighted by Crippen LogP contribution is 2.15. The molecule has 0 atom stereocenters. The van der Waals surface area contributed by atoms with Crippen LogP contribution in [0.25, 0.3) is 0 Å². The van der Waals surface area contributed by atoms with E-state index in [2.05, 4.69) is 68.1 Å². The van der Waals surface area contributed by atoms with Gasteiger partial charge < -0.3 is 0 Å². The van der Waals surface area contributed by atoms with Crippen LogP contribution < -0.4 is 32.6 Å². The summed E-state index contributed by atoms with van der Waals surface area (Å²) in [4.78, 5) is 36.7. The summed E-state index contributed by atoms with van der Waals surface area (Å²) in [5.74, 6) is 0.203. The third-order valence-electron chi connectivity index (χ3n) is 6.38. The summed E-state index contributed by atoms with van der Waals surface area (Å²) in [6, 6.07) is 17.1. The average molecular weight is 688 g/mol. The van der Waals surface area contributed by atoms with Gasteiger partial charge in [-0.2, -0.15) is 30.6 Å². The van der Waals surface area contributed by atoms with Crippen molar-refractivity contribution in [1.29, 1.82) is 0 Å². The van der Waals surface area contributed by atoms with E-state index in [1.54, 1.807) is 6.07 Å². The molecule has 1 aromatic heterocycles. The number of carbonyl (C=O) groups is 3. The summed E-state index contributed by atoms with van der Waals surface area (Å²) in [6.07, 6.45) is 1.75. The number of aromatic nitrogens is 1. The fraction of sp³-hybridized carbons (Fsp3) is 0.188. The van der Waals surface area contributed by atoms with Gasteiger partial charge in [-0.25, -0.2) is 13.8 Å². The molecule has 0 aliphatic carbocycles. The lowest BCUT2D eigenvalue weighted by molar-refractivity contribution is -0.112. The smallest absolute Gasteiger partial charge is 0.209 e. The number of halogens is 2. The minimum Gasteiger partial charge on any atom is -0.291 e. The number of hydrazone groups is 6. The van der Waals surface area contributed by atoms with Gasteiger partial charge in [-0.1, -0.05) is 56.8 Å². The maximum absolute atomic E-state index is 13.8. The number of benzene rings is 2. The molecule has 6 N–H and O–H groups in total. The van der Waals surface area contributed by atoms with Crippen molar-refractivity contribution in [3.05, 3.63) is 101 Å². The van der Waals surface area contributed by atoms with E-state index in [1.165, 1.54) is 39.0 Å². The van der Waals surface area contributed by atoms with Crippen molar-refractivity contribution < 1.29 is 23.2 Å². The topological polar surface area (TPSA) is 210 Å². The zero-order chi connectivity index (χ0) is 35.3. The maximum Gasteiger partial charge on any atom is 0.209 e. The maximum atomic E-state index is 13.8. The zero-order valence-corrected chi connectivity index (χ0v) is 26.7. The molecule has 0 spiro atoms. The molecule has 0 saturated carbocycles. The molecular formula is C32H35F2N13O3. The molecular weight excluding hydrogens is 652 g/mol. The van der Waals surface area contributed by atoms with Crippen LogP contribution in [-0.2, 0) is 20.8 Å². The predicted octanol–water partition coefficient (Wildman–Crippen LogP) is 2.20. The van der Waals surface area contributed by atoms with Crippen LogP contribution >= 0.6 is 0 Å². The van der Waals surface area contributed by atoms with Crippen molar-refractivity contribution in [2.24, 2.45) is 30.6 Å². The second kappa shape index (κ2) is 18.0. The third kappa shape index (κ3) is 10.1. The first kappa shape index (κ1) is 37.7. The predicted molar refractivity (Wildman–Crippen MR) is 186 cm³/mol. The first-order valence-corrected chi connectivity index (χ1v) is 14.6. The summed E-state index contributed by atoms with van der Waals surface area (Å²) in [7, 11) is 0. The number of amidine groups is 6. The van der Waals surface area contributed by atoms with Gasteiger partial charge in [0.25, 0.3) is 0 Å². The number of rotatable bonds is 7. The first-order chi connectivity index (χ1) is 23.6. The minimum absolute atomic E-state index is 0. The Morgan fingerprint density at radius 1 is 0.600 bits per heavy atom. The number of Topliss-reactive ketones (excluding diaryl/α,β-unsaturated/α-hetero) is 3. The lowest BCUT2D eigenvalue weighted by Crippen LogP contribution is -2.38. The van der Waals surface area contributed by atoms with Crippen molar-refractivity contribution >= 4 is 52.4 Å². The van der Waals surface area contributed by atoms with Gasteiger partial charge in [0.05, 0.1) is 11.8 Å². The molecule has 3 aromatic rings. The van der Waals surface area contributed by atoms with Crippen LogP contribution in [0.2, 0.25) is 0 Å². The standard InChI is InChI=1S/C12H13FN4O.C10H10N4O.C9H8FN5O.CH4/c1-3-8-5-4-6-9(13)10(8)12-16-14-11(7(2)18)15-17-12;1-7(15)9-11-13-10(14-12-9)8-5-3-2-4-6-8;1-5(16)8-12-14-9(15-13-8)7-3-2-6(10)4-11-7;/h4-6H,3H2,1-2H3,(H,14,15)(H,16,17);2-6H,1H3,(H,11,12)(H,13,14);2-4H,1H3,(H,12,13)(H,14,15);1H4. The van der Waals surface area contributed by atoms with Crippen LogP contribution in [-0.4, -0.2) is 57.3 Å². The number of pyridine rings is 1. The van der Waals surface area contributed by atoms with E-state index in [0.29, 0.717) is 29.3 Å². The summed E-state index contributed by atoms with van der Waals surface area (Å²) < 4.78 is 26.4. The van der Waals surface area contributed by atoms with E-state index < -0.39 is 5.82 Å². The second-order valence-corrected chi connectivity index (χ2v) is 9.96. The fourth-order valence-corrected chi connectivity index (χ4v) is 3.87. The summed E-state index contributed by atoms with van der Waals surface area (Å²) in [5, 5.41) is 23.2. The molecule has 260 valence electrons. The molecule has 16 nitrogen and oxygen atoms in total. The normalized spacial score (nSPS) is 14.0. The number of carbonyl (C=O) groups excluding carboxylic acids is 3. The average Bonchev–Trinajstić information content (AvgIpc) is 3.13.